The van der Waals surface area contributed by atoms with Crippen molar-refractivity contribution < 1.29 is 29.4 Å². The van der Waals surface area contributed by atoms with E-state index in [-0.39, 0.29) is 12.2 Å². The summed E-state index contributed by atoms with van der Waals surface area (Å²) in [6, 6.07) is 0. The molecule has 0 amide bonds. The Morgan fingerprint density at radius 2 is 1.46 bits per heavy atom. The molecule has 78 valence electrons. The summed E-state index contributed by atoms with van der Waals surface area (Å²) in [7, 11) is 0. The minimum absolute atomic E-state index is 0.209. The molecule has 0 radical (unpaired) electrons. The van der Waals surface area contributed by atoms with Gasteiger partial charge in [-0.3, -0.25) is 4.89 Å². The molecule has 0 aliphatic rings. The minimum Gasteiger partial charge on any atom is -0.257 e. The fraction of sp³-hybridized carbons (Fsp3) is 0.857. The molecular weight excluding hydrogens is 180 g/mol. The summed E-state index contributed by atoms with van der Waals surface area (Å²) in [5, 5.41) is 4.03. The van der Waals surface area contributed by atoms with Crippen molar-refractivity contribution in [3.63, 3.8) is 0 Å². The first-order chi connectivity index (χ1) is 6.02. The van der Waals surface area contributed by atoms with Gasteiger partial charge in [-0.2, -0.15) is 14.6 Å². The van der Waals surface area contributed by atoms with Gasteiger partial charge in [-0.25, -0.2) is 4.89 Å². The highest BCUT2D eigenvalue weighted by atomic mass is 17.5. The van der Waals surface area contributed by atoms with Crippen molar-refractivity contribution in [2.24, 2.45) is 0 Å². The molecule has 0 rings (SSSR count). The van der Waals surface area contributed by atoms with Gasteiger partial charge in [-0.1, -0.05) is 0 Å². The molecular formula is C7H14O6. The van der Waals surface area contributed by atoms with Crippen LogP contribution in [0.2, 0.25) is 0 Å². The SMILES string of the molecule is CC(C)OOOC(=O)OOC(C)C. The maximum atomic E-state index is 10.6. The van der Waals surface area contributed by atoms with Crippen molar-refractivity contribution in [2.45, 2.75) is 39.9 Å². The fourth-order valence-corrected chi connectivity index (χ4v) is 0.275. The normalized spacial score (nSPS) is 10.6. The Balaban J connectivity index is 3.30. The monoisotopic (exact) mass is 194 g/mol. The van der Waals surface area contributed by atoms with Crippen LogP contribution < -0.4 is 0 Å². The lowest BCUT2D eigenvalue weighted by Gasteiger charge is -2.06. The van der Waals surface area contributed by atoms with Crippen molar-refractivity contribution in [2.75, 3.05) is 0 Å². The van der Waals surface area contributed by atoms with Crippen molar-refractivity contribution >= 4 is 6.16 Å². The van der Waals surface area contributed by atoms with E-state index >= 15 is 0 Å². The zero-order valence-corrected chi connectivity index (χ0v) is 8.10. The van der Waals surface area contributed by atoms with Gasteiger partial charge in [0.05, 0.1) is 12.2 Å². The van der Waals surface area contributed by atoms with E-state index in [4.69, 9.17) is 0 Å². The van der Waals surface area contributed by atoms with Crippen LogP contribution in [-0.2, 0) is 24.6 Å². The van der Waals surface area contributed by atoms with Gasteiger partial charge in [-0.15, -0.1) is 0 Å². The summed E-state index contributed by atoms with van der Waals surface area (Å²) >= 11 is 0. The summed E-state index contributed by atoms with van der Waals surface area (Å²) < 4.78 is 0. The summed E-state index contributed by atoms with van der Waals surface area (Å²) in [5.74, 6) is 0. The van der Waals surface area contributed by atoms with Crippen LogP contribution in [0.5, 0.6) is 0 Å². The van der Waals surface area contributed by atoms with Gasteiger partial charge in [0.1, 0.15) is 0 Å². The first kappa shape index (κ1) is 12.2. The van der Waals surface area contributed by atoms with Gasteiger partial charge < -0.3 is 0 Å². The molecule has 13 heavy (non-hydrogen) atoms. The zero-order valence-electron chi connectivity index (χ0n) is 8.10. The van der Waals surface area contributed by atoms with Crippen LogP contribution in [-0.4, -0.2) is 18.4 Å². The molecule has 0 N–H and O–H groups in total. The zero-order chi connectivity index (χ0) is 10.3. The number of carbonyl (C=O) groups excluding carboxylic acids is 1. The maximum Gasteiger partial charge on any atom is 0.575 e. The molecule has 0 aromatic rings. The van der Waals surface area contributed by atoms with Crippen molar-refractivity contribution in [3.8, 4) is 0 Å². The fourth-order valence-electron chi connectivity index (χ4n) is 0.275. The van der Waals surface area contributed by atoms with Crippen LogP contribution in [0.4, 0.5) is 4.79 Å². The lowest BCUT2D eigenvalue weighted by molar-refractivity contribution is -0.505. The Labute approximate surface area is 76.4 Å². The van der Waals surface area contributed by atoms with Gasteiger partial charge in [0.25, 0.3) is 0 Å². The third kappa shape index (κ3) is 9.06. The molecule has 6 heteroatoms. The summed E-state index contributed by atoms with van der Waals surface area (Å²) in [6.07, 6.45) is -1.56. The van der Waals surface area contributed by atoms with E-state index in [0.717, 1.165) is 0 Å². The second-order valence-corrected chi connectivity index (χ2v) is 2.77. The standard InChI is InChI=1S/C7H14O6/c1-5(2)9-11-7(8)12-13-10-6(3)4/h5-6H,1-4H3. The van der Waals surface area contributed by atoms with E-state index in [9.17, 15) is 4.79 Å². The molecule has 0 unspecified atom stereocenters. The van der Waals surface area contributed by atoms with Gasteiger partial charge in [-0.05, 0) is 32.7 Å². The van der Waals surface area contributed by atoms with Crippen molar-refractivity contribution in [1.82, 2.24) is 0 Å². The summed E-state index contributed by atoms with van der Waals surface area (Å²) in [4.78, 5) is 27.6. The van der Waals surface area contributed by atoms with Crippen LogP contribution in [0.1, 0.15) is 27.7 Å². The third-order valence-corrected chi connectivity index (χ3v) is 0.642. The van der Waals surface area contributed by atoms with E-state index in [1.54, 1.807) is 27.7 Å². The van der Waals surface area contributed by atoms with E-state index in [1.807, 2.05) is 0 Å². The predicted molar refractivity (Wildman–Crippen MR) is 41.1 cm³/mol. The average molecular weight is 194 g/mol. The quantitative estimate of drug-likeness (QED) is 0.490. The molecule has 0 atom stereocenters. The van der Waals surface area contributed by atoms with Gasteiger partial charge >= 0.3 is 6.16 Å². The largest absolute Gasteiger partial charge is 0.575 e. The molecule has 0 bridgehead atoms. The number of rotatable bonds is 5. The molecule has 0 aliphatic heterocycles. The lowest BCUT2D eigenvalue weighted by Crippen LogP contribution is -2.14. The van der Waals surface area contributed by atoms with Crippen LogP contribution >= 0.6 is 0 Å². The van der Waals surface area contributed by atoms with Gasteiger partial charge in [0.2, 0.25) is 0 Å². The number of hydrogen-bond donors (Lipinski definition) is 0. The Morgan fingerprint density at radius 3 is 1.92 bits per heavy atom. The van der Waals surface area contributed by atoms with Crippen molar-refractivity contribution in [3.05, 3.63) is 0 Å². The molecule has 0 aromatic carbocycles. The highest BCUT2D eigenvalue weighted by molar-refractivity contribution is 5.58. The first-order valence-corrected chi connectivity index (χ1v) is 3.89. The van der Waals surface area contributed by atoms with Crippen molar-refractivity contribution in [1.29, 1.82) is 0 Å². The first-order valence-electron chi connectivity index (χ1n) is 3.89. The Morgan fingerprint density at radius 1 is 0.923 bits per heavy atom. The maximum absolute atomic E-state index is 10.6. The van der Waals surface area contributed by atoms with Crippen LogP contribution in [0.25, 0.3) is 0 Å². The molecule has 0 saturated carbocycles. The molecule has 0 fully saturated rings. The second-order valence-electron chi connectivity index (χ2n) is 2.77. The van der Waals surface area contributed by atoms with E-state index < -0.39 is 6.16 Å². The van der Waals surface area contributed by atoms with Gasteiger partial charge in [0.15, 0.2) is 0 Å². The Bertz CT molecular complexity index is 144. The Kier molecular flexibility index (Phi) is 6.21. The molecule has 0 saturated heterocycles. The average Bonchev–Trinajstić information content (AvgIpc) is 2.00. The van der Waals surface area contributed by atoms with E-state index in [2.05, 4.69) is 24.6 Å². The third-order valence-electron chi connectivity index (χ3n) is 0.642. The minimum atomic E-state index is -1.12. The Hall–Kier alpha value is -0.850. The molecule has 0 spiro atoms. The molecule has 6 nitrogen and oxygen atoms in total. The van der Waals surface area contributed by atoms with Crippen LogP contribution in [0, 0.1) is 0 Å². The molecule has 0 heterocycles. The van der Waals surface area contributed by atoms with Crippen LogP contribution in [0.15, 0.2) is 0 Å². The van der Waals surface area contributed by atoms with E-state index in [1.165, 1.54) is 0 Å². The molecule has 0 aromatic heterocycles. The lowest BCUT2D eigenvalue weighted by atomic mass is 10.5. The summed E-state index contributed by atoms with van der Waals surface area (Å²) in [5.41, 5.74) is 0. The smallest absolute Gasteiger partial charge is 0.257 e. The predicted octanol–water partition coefficient (Wildman–Crippen LogP) is 1.75. The van der Waals surface area contributed by atoms with Crippen LogP contribution in [0.3, 0.4) is 0 Å². The highest BCUT2D eigenvalue weighted by Crippen LogP contribution is 1.95. The highest BCUT2D eigenvalue weighted by Gasteiger charge is 2.09. The summed E-state index contributed by atoms with van der Waals surface area (Å²) in [6.45, 7) is 6.80. The number of hydrogen-bond acceptors (Lipinski definition) is 6. The van der Waals surface area contributed by atoms with Gasteiger partial charge in [0, 0.05) is 0 Å². The topological polar surface area (TPSA) is 63.2 Å². The second kappa shape index (κ2) is 6.64. The van der Waals surface area contributed by atoms with E-state index in [0.29, 0.717) is 0 Å². The molecule has 0 aliphatic carbocycles. The number of carbonyl (C=O) groups is 1.